The molecule has 1 nitrogen and oxygen atoms in total. The van der Waals surface area contributed by atoms with Gasteiger partial charge in [0.1, 0.15) is 0 Å². The van der Waals surface area contributed by atoms with E-state index in [1.165, 1.54) is 349 Å². The molecule has 8 aromatic heterocycles. The van der Waals surface area contributed by atoms with Crippen molar-refractivity contribution in [2.24, 2.45) is 4.30 Å². The predicted molar refractivity (Wildman–Crippen MR) is 450 cm³/mol. The Hall–Kier alpha value is -1.30. The summed E-state index contributed by atoms with van der Waals surface area (Å²) >= 11 is 26.3. The average Bonchev–Trinajstić information content (AvgIpc) is 1.65. The SMILES string of the molecule is CCCCCCCCCCCCc1cc(-c2cc(CCCCCCCCCCCC)c(-c3ccc(Br)s3)s2)sc1-c1ccc(Br)s1.CCCCCCCCCCCCc1cc(-c2cc(CCCCCCCCCCCC)c(-c3cccs3)s2)sc1-c1cccs1.[2H]CF.[B]=NS. The van der Waals surface area contributed by atoms with Gasteiger partial charge in [-0.3, -0.25) is 4.39 Å². The zero-order chi connectivity index (χ0) is 68.5. The molecule has 8 aromatic rings. The summed E-state index contributed by atoms with van der Waals surface area (Å²) in [4.78, 5) is 17.6. The molecule has 0 aliphatic rings. The van der Waals surface area contributed by atoms with Crippen molar-refractivity contribution in [3.63, 3.8) is 0 Å². The first-order valence-corrected chi connectivity index (χ1v) is 45.9. The van der Waals surface area contributed by atoms with Gasteiger partial charge in [-0.2, -0.15) is 0 Å². The quantitative estimate of drug-likeness (QED) is 0.0222. The summed E-state index contributed by atoms with van der Waals surface area (Å²) in [6.45, 7) is 9.22. The van der Waals surface area contributed by atoms with Gasteiger partial charge < -0.3 is 0 Å². The number of hydrogen-bond acceptors (Lipinski definition) is 10. The molecular formula is C81H118BBr2FNS9. The summed E-state index contributed by atoms with van der Waals surface area (Å²) in [7, 11) is 3.34. The number of halogens is 3. The average molecular weight is 1590 g/mol. The number of nitrogens with zero attached hydrogens (tertiary/aromatic N) is 1. The Morgan fingerprint density at radius 1 is 0.337 bits per heavy atom. The van der Waals surface area contributed by atoms with Crippen LogP contribution in [0.1, 0.15) is 308 Å². The Labute approximate surface area is 635 Å². The number of alkyl halides is 1. The monoisotopic (exact) mass is 1580 g/mol. The molecule has 1 radical (unpaired) electrons. The van der Waals surface area contributed by atoms with Crippen LogP contribution in [0.5, 0.6) is 0 Å². The van der Waals surface area contributed by atoms with Crippen molar-refractivity contribution >= 4 is 143 Å². The molecule has 0 N–H and O–H groups in total. The van der Waals surface area contributed by atoms with Crippen molar-refractivity contribution in [2.75, 3.05) is 7.15 Å². The van der Waals surface area contributed by atoms with Crippen molar-refractivity contribution in [2.45, 2.75) is 310 Å². The molecule has 0 fully saturated rings. The van der Waals surface area contributed by atoms with Gasteiger partial charge in [-0.05, 0) is 177 Å². The Morgan fingerprint density at radius 2 is 0.547 bits per heavy atom. The van der Waals surface area contributed by atoms with Crippen LogP contribution in [0.4, 0.5) is 4.39 Å². The van der Waals surface area contributed by atoms with Gasteiger partial charge in [-0.1, -0.05) is 271 Å². The van der Waals surface area contributed by atoms with Gasteiger partial charge >= 0.3 is 24.8 Å². The van der Waals surface area contributed by atoms with Crippen LogP contribution in [0.15, 0.2) is 95.4 Å². The molecule has 0 atom stereocenters. The molecule has 0 unspecified atom stereocenters. The molecule has 0 aromatic carbocycles. The summed E-state index contributed by atoms with van der Waals surface area (Å²) in [6, 6.07) is 28.3. The summed E-state index contributed by atoms with van der Waals surface area (Å²) in [5.74, 6) is 0. The summed E-state index contributed by atoms with van der Waals surface area (Å²) < 4.78 is 20.6. The first-order chi connectivity index (χ1) is 47.2. The van der Waals surface area contributed by atoms with Gasteiger partial charge in [0.15, 0.2) is 0 Å². The van der Waals surface area contributed by atoms with E-state index in [0.717, 1.165) is 0 Å². The molecule has 0 bridgehead atoms. The third-order valence-corrected chi connectivity index (χ3v) is 28.8. The predicted octanol–water partition coefficient (Wildman–Crippen LogP) is 34.0. The van der Waals surface area contributed by atoms with Crippen molar-refractivity contribution in [1.82, 2.24) is 0 Å². The molecular weight excluding hydrogens is 1470 g/mol. The van der Waals surface area contributed by atoms with E-state index in [4.69, 9.17) is 1.37 Å². The van der Waals surface area contributed by atoms with Crippen LogP contribution in [-0.2, 0) is 25.7 Å². The molecule has 95 heavy (non-hydrogen) atoms. The van der Waals surface area contributed by atoms with E-state index in [0.29, 0.717) is 0 Å². The van der Waals surface area contributed by atoms with Gasteiger partial charge in [0, 0.05) is 58.5 Å². The Bertz CT molecular complexity index is 2930. The van der Waals surface area contributed by atoms with E-state index >= 15 is 0 Å². The van der Waals surface area contributed by atoms with Gasteiger partial charge in [0.2, 0.25) is 0 Å². The summed E-state index contributed by atoms with van der Waals surface area (Å²) in [5.41, 5.74) is 6.27. The fourth-order valence-electron chi connectivity index (χ4n) is 12.7. The Balaban J connectivity index is 0.000000321. The molecule has 0 aliphatic carbocycles. The van der Waals surface area contributed by atoms with E-state index < -0.39 is 7.15 Å². The number of unbranched alkanes of at least 4 members (excludes halogenated alkanes) is 36. The second kappa shape index (κ2) is 54.4. The van der Waals surface area contributed by atoms with E-state index in [1.54, 1.807) is 22.3 Å². The minimum absolute atomic E-state index is 1.00. The van der Waals surface area contributed by atoms with Crippen molar-refractivity contribution < 1.29 is 5.76 Å². The Morgan fingerprint density at radius 3 is 0.737 bits per heavy atom. The zero-order valence-corrected chi connectivity index (χ0v) is 69.4. The fourth-order valence-corrected chi connectivity index (χ4v) is 22.5. The molecule has 0 spiro atoms. The fraction of sp³-hybridized carbons (Fsp3) is 0.605. The number of aryl methyl sites for hydroxylation is 4. The van der Waals surface area contributed by atoms with Crippen LogP contribution in [0.3, 0.4) is 0 Å². The number of thiophene rings is 8. The van der Waals surface area contributed by atoms with Crippen LogP contribution in [0, 0.1) is 0 Å². The van der Waals surface area contributed by atoms with E-state index in [9.17, 15) is 4.39 Å². The van der Waals surface area contributed by atoms with E-state index in [2.05, 4.69) is 168 Å². The van der Waals surface area contributed by atoms with Crippen LogP contribution >= 0.6 is 135 Å². The number of rotatable bonds is 50. The van der Waals surface area contributed by atoms with Gasteiger partial charge in [0.25, 0.3) is 0 Å². The van der Waals surface area contributed by atoms with E-state index in [-0.39, 0.29) is 0 Å². The zero-order valence-electron chi connectivity index (χ0n) is 59.8. The molecule has 0 saturated heterocycles. The van der Waals surface area contributed by atoms with Crippen molar-refractivity contribution in [3.8, 4) is 58.5 Å². The van der Waals surface area contributed by atoms with Crippen LogP contribution in [0.2, 0.25) is 0 Å². The van der Waals surface area contributed by atoms with Crippen LogP contribution in [0.25, 0.3) is 58.5 Å². The maximum atomic E-state index is 9.96. The maximum absolute atomic E-state index is 9.96. The second-order valence-corrected chi connectivity index (χ2v) is 37.1. The first kappa shape index (κ1) is 82.7. The molecule has 8 rings (SSSR count). The van der Waals surface area contributed by atoms with Gasteiger partial charge in [0.05, 0.1) is 16.1 Å². The normalized spacial score (nSPS) is 11.3. The first-order valence-electron chi connectivity index (χ1n) is 37.9. The molecule has 14 heteroatoms. The topological polar surface area (TPSA) is 12.4 Å². The van der Waals surface area contributed by atoms with Crippen LogP contribution < -0.4 is 0 Å². The number of hydrogen-bond donors (Lipinski definition) is 1. The standard InChI is InChI=1S/C40H56Br2S4.C40H58S4.CH3F.BHNS/c1-3-5-7-9-11-13-15-17-19-21-23-31-29-35(45-39(31)33-25-27-37(41)43-33)36-30-32(40(46-36)34-26-28-38(42)44-34)24-22-20-18-16-14-12-10-8-6-4-2;1-3-5-7-9-11-13-15-17-19-21-25-33-31-37(43-39(33)35-27-23-29-41-35)38-32-34(40(44-38)36-28-24-30-42-36)26-22-20-18-16-14-12-10-8-6-4-2;1-2;1-2-3/h25-30H,3-24H2,1-2H3;23-24,27-32H,3-22,25-26H2,1-2H3;1H3;3H/i;;1D;. The van der Waals surface area contributed by atoms with Crippen molar-refractivity contribution in [1.29, 1.82) is 0 Å². The van der Waals surface area contributed by atoms with E-state index in [1.807, 2.05) is 90.7 Å². The molecule has 0 amide bonds. The molecule has 0 saturated carbocycles. The molecule has 0 aliphatic heterocycles. The van der Waals surface area contributed by atoms with Gasteiger partial charge in [-0.15, -0.1) is 90.7 Å². The third-order valence-electron chi connectivity index (χ3n) is 18.0. The molecule has 8 heterocycles. The third kappa shape index (κ3) is 33.6. The minimum atomic E-state index is -1.00. The van der Waals surface area contributed by atoms with Gasteiger partial charge in [-0.25, -0.2) is 0 Å². The second-order valence-electron chi connectivity index (χ2n) is 25.9. The molecule has 525 valence electrons. The number of thiol groups is 1. The van der Waals surface area contributed by atoms with Crippen molar-refractivity contribution in [3.05, 3.63) is 113 Å². The van der Waals surface area contributed by atoms with Crippen LogP contribution in [-0.4, -0.2) is 14.8 Å². The Kier molecular flexibility index (Phi) is 47.3. The summed E-state index contributed by atoms with van der Waals surface area (Å²) in [5, 5.41) is 4.48. The summed E-state index contributed by atoms with van der Waals surface area (Å²) in [6.07, 6.45) is 60.6.